The predicted octanol–water partition coefficient (Wildman–Crippen LogP) is 5.86. The Kier molecular flexibility index (Phi) is 16.9. The molecule has 0 saturated carbocycles. The zero-order valence-electron chi connectivity index (χ0n) is 50.6. The number of carbonyl (C=O) groups excluding carboxylic acids is 1. The first-order chi connectivity index (χ1) is 42.4. The van der Waals surface area contributed by atoms with Gasteiger partial charge in [-0.25, -0.2) is 53.2 Å². The third-order valence-electron chi connectivity index (χ3n) is 14.3. The topological polar surface area (TPSA) is 358 Å². The average Bonchev–Trinajstić information content (AvgIpc) is 1.83. The van der Waals surface area contributed by atoms with Gasteiger partial charge in [0.2, 0.25) is 28.8 Å². The molecule has 1 aliphatic rings. The molecule has 0 aliphatic carbocycles. The molecule has 0 fully saturated rings. The van der Waals surface area contributed by atoms with Gasteiger partial charge >= 0.3 is 0 Å². The van der Waals surface area contributed by atoms with E-state index in [4.69, 9.17) is 0 Å². The zero-order chi connectivity index (χ0) is 63.9. The van der Waals surface area contributed by atoms with E-state index in [0.29, 0.717) is 68.5 Å². The van der Waals surface area contributed by atoms with E-state index in [-0.39, 0.29) is 69.7 Å². The molecule has 89 heavy (non-hydrogen) atoms. The molecular weight excluding hydrogens is 1150 g/mol. The van der Waals surface area contributed by atoms with Crippen molar-refractivity contribution in [2.24, 2.45) is 0 Å². The first-order valence-corrected chi connectivity index (χ1v) is 28.4. The number of anilines is 1. The lowest BCUT2D eigenvalue weighted by Crippen LogP contribution is -2.20. The number of rotatable bonds is 6. The van der Waals surface area contributed by atoms with E-state index in [0.717, 1.165) is 16.9 Å². The molecule has 15 heterocycles. The van der Waals surface area contributed by atoms with Crippen molar-refractivity contribution in [2.45, 2.75) is 126 Å². The van der Waals surface area contributed by atoms with Crippen molar-refractivity contribution < 1.29 is 9.18 Å². The maximum atomic E-state index is 13.3. The van der Waals surface area contributed by atoms with E-state index in [1.807, 2.05) is 95.1 Å². The van der Waals surface area contributed by atoms with Crippen LogP contribution in [0.15, 0.2) is 128 Å². The van der Waals surface area contributed by atoms with Crippen LogP contribution in [0.5, 0.6) is 0 Å². The molecular formula is C57H65FN24O7. The Hall–Kier alpha value is -11.2. The molecule has 15 rings (SSSR count). The van der Waals surface area contributed by atoms with Gasteiger partial charge in [0.15, 0.2) is 45.0 Å². The van der Waals surface area contributed by atoms with E-state index in [1.165, 1.54) is 27.8 Å². The molecule has 32 heteroatoms. The zero-order valence-corrected chi connectivity index (χ0v) is 50.6. The summed E-state index contributed by atoms with van der Waals surface area (Å²) in [7, 11) is 0. The fraction of sp³-hybridized carbons (Fsp3) is 0.333. The second kappa shape index (κ2) is 24.6. The highest BCUT2D eigenvalue weighted by molar-refractivity contribution is 5.93. The number of imidazole rings is 6. The number of H-pyrrole nitrogens is 4. The van der Waals surface area contributed by atoms with Crippen molar-refractivity contribution in [1.82, 2.24) is 110 Å². The summed E-state index contributed by atoms with van der Waals surface area (Å²) in [5.41, 5.74) is 3.66. The van der Waals surface area contributed by atoms with Crippen molar-refractivity contribution in [2.75, 3.05) is 5.32 Å². The summed E-state index contributed by atoms with van der Waals surface area (Å²) >= 11 is 0. The molecule has 0 bridgehead atoms. The van der Waals surface area contributed by atoms with Crippen LogP contribution in [0.25, 0.3) is 72.8 Å². The normalized spacial score (nSPS) is 12.1. The molecule has 5 N–H and O–H groups in total. The van der Waals surface area contributed by atoms with Crippen LogP contribution in [-0.4, -0.2) is 116 Å². The van der Waals surface area contributed by atoms with E-state index >= 15 is 0 Å². The highest BCUT2D eigenvalue weighted by Gasteiger charge is 2.24. The number of halogens is 1. The van der Waals surface area contributed by atoms with Crippen molar-refractivity contribution in [3.05, 3.63) is 167 Å². The van der Waals surface area contributed by atoms with Gasteiger partial charge in [-0.15, -0.1) is 0 Å². The van der Waals surface area contributed by atoms with Gasteiger partial charge in [-0.05, 0) is 89.2 Å². The molecule has 14 aromatic heterocycles. The van der Waals surface area contributed by atoms with Gasteiger partial charge < -0.3 is 37.8 Å². The number of amides is 1. The van der Waals surface area contributed by atoms with Crippen LogP contribution >= 0.6 is 0 Å². The minimum atomic E-state index is -0.525. The number of aromatic nitrogens is 23. The summed E-state index contributed by atoms with van der Waals surface area (Å²) in [6, 6.07) is 4.71. The van der Waals surface area contributed by atoms with Crippen molar-refractivity contribution in [1.29, 1.82) is 0 Å². The van der Waals surface area contributed by atoms with Gasteiger partial charge in [0.05, 0.1) is 37.0 Å². The SMILES string of the molecule is CC(C)n1cc(F)c2c(=O)[nH]cnc21.CC(C)n1ccc(=O)c2nccn21.CC(C)n1ccc2c(=O)[nH]cnc21.CC(C)n1cnc2c(=O)[nH]c3nccn3c21.CC(C)n1cnc2c(=O)n3c(nc21)NC(=O)C3.CC(C)n1cnc2c(=O)n3ccnc3[nH]c21. The maximum Gasteiger partial charge on any atom is 0.287 e. The number of fused-ring (bicyclic) bond motifs is 10. The Morgan fingerprint density at radius 3 is 1.76 bits per heavy atom. The van der Waals surface area contributed by atoms with Gasteiger partial charge in [-0.2, -0.15) is 4.98 Å². The summed E-state index contributed by atoms with van der Waals surface area (Å²) < 4.78 is 31.0. The molecule has 0 atom stereocenters. The molecule has 0 saturated heterocycles. The molecule has 1 aliphatic heterocycles. The predicted molar refractivity (Wildman–Crippen MR) is 331 cm³/mol. The first-order valence-electron chi connectivity index (χ1n) is 28.4. The van der Waals surface area contributed by atoms with E-state index < -0.39 is 11.4 Å². The first kappa shape index (κ1) is 60.9. The molecule has 1 amide bonds. The largest absolute Gasteiger partial charge is 0.330 e. The van der Waals surface area contributed by atoms with Crippen LogP contribution in [0.2, 0.25) is 0 Å². The molecule has 462 valence electrons. The smallest absolute Gasteiger partial charge is 0.287 e. The standard InChI is InChI=1S/C10H11N5O2.2C10H11N5O.C9H10FN3O.2C9H11N3O/c1-5(2)15-4-11-7-8(15)13-10-12-6(16)3-14(10)9(7)17;1-6(2)15-5-12-7-8(16)13-10-11-3-4-14(10)9(7)15;1-6(2)15-5-12-7-8(15)13-10-11-3-4-14(10)9(7)16;1-5(2)13-3-6(10)7-8(13)11-4-12-9(7)14;1-7(2)11-5-3-8(13)9-10-4-6-12(9)11;1-6(2)12-4-3-7-8(12)10-5-11-9(7)13/h4-5H,3H2,1-2H3,(H,12,13,16);3-6H,1-2H3,(H,11,13,16);3-6H,1-2H3,(H,11,13);3-5H,1-2H3,(H,11,12,14);3-7H,1-2H3;3-6H,1-2H3,(H,10,11,13). The summed E-state index contributed by atoms with van der Waals surface area (Å²) in [6.45, 7) is 24.2. The highest BCUT2D eigenvalue weighted by Crippen LogP contribution is 2.21. The van der Waals surface area contributed by atoms with E-state index in [1.54, 1.807) is 77.4 Å². The number of nitrogens with one attached hydrogen (secondary N) is 5. The Labute approximate surface area is 500 Å². The Morgan fingerprint density at radius 2 is 1.09 bits per heavy atom. The van der Waals surface area contributed by atoms with Gasteiger partial charge in [0.25, 0.3) is 27.8 Å². The molecule has 31 nitrogen and oxygen atoms in total. The van der Waals surface area contributed by atoms with Gasteiger partial charge in [0.1, 0.15) is 23.2 Å². The van der Waals surface area contributed by atoms with Gasteiger partial charge in [0, 0.05) is 98.1 Å². The van der Waals surface area contributed by atoms with Crippen molar-refractivity contribution >= 4 is 84.6 Å². The number of hydrogen-bond acceptors (Lipinski definition) is 16. The lowest BCUT2D eigenvalue weighted by Gasteiger charge is -2.12. The summed E-state index contributed by atoms with van der Waals surface area (Å²) in [5.74, 6) is 0.635. The fourth-order valence-corrected chi connectivity index (χ4v) is 9.81. The Morgan fingerprint density at radius 1 is 0.494 bits per heavy atom. The quantitative estimate of drug-likeness (QED) is 0.130. The molecule has 0 aromatic carbocycles. The second-order valence-electron chi connectivity index (χ2n) is 22.2. The molecule has 14 aromatic rings. The van der Waals surface area contributed by atoms with Crippen molar-refractivity contribution in [3.63, 3.8) is 0 Å². The van der Waals surface area contributed by atoms with Crippen molar-refractivity contribution in [3.8, 4) is 0 Å². The van der Waals surface area contributed by atoms with E-state index in [9.17, 15) is 38.0 Å². The number of carbonyl (C=O) groups is 1. The fourth-order valence-electron chi connectivity index (χ4n) is 9.81. The van der Waals surface area contributed by atoms with Gasteiger partial charge in [-0.1, -0.05) is 0 Å². The van der Waals surface area contributed by atoms with Crippen LogP contribution in [0, 0.1) is 5.82 Å². The number of hydrogen-bond donors (Lipinski definition) is 5. The number of aromatic amines is 4. The summed E-state index contributed by atoms with van der Waals surface area (Å²) in [4.78, 5) is 129. The van der Waals surface area contributed by atoms with Crippen LogP contribution in [0.4, 0.5) is 10.3 Å². The Bertz CT molecular complexity index is 5280. The minimum absolute atomic E-state index is 0.0195. The summed E-state index contributed by atoms with van der Waals surface area (Å²) in [5, 5.41) is 3.24. The van der Waals surface area contributed by atoms with Crippen LogP contribution in [0.3, 0.4) is 0 Å². The highest BCUT2D eigenvalue weighted by atomic mass is 19.1. The van der Waals surface area contributed by atoms with E-state index in [2.05, 4.69) is 97.8 Å². The van der Waals surface area contributed by atoms with Crippen LogP contribution in [-0.2, 0) is 11.3 Å². The number of nitrogens with zero attached hydrogens (tertiary/aromatic N) is 19. The minimum Gasteiger partial charge on any atom is -0.330 e. The monoisotopic (exact) mass is 1220 g/mol. The van der Waals surface area contributed by atoms with Gasteiger partial charge in [-0.3, -0.25) is 57.5 Å². The average molecular weight is 1220 g/mol. The third-order valence-corrected chi connectivity index (χ3v) is 14.3. The summed E-state index contributed by atoms with van der Waals surface area (Å²) in [6.07, 6.45) is 22.7. The van der Waals surface area contributed by atoms with Crippen LogP contribution < -0.4 is 38.5 Å². The lowest BCUT2D eigenvalue weighted by molar-refractivity contribution is -0.115. The third kappa shape index (κ3) is 11.7. The van der Waals surface area contributed by atoms with Crippen LogP contribution in [0.1, 0.15) is 119 Å². The second-order valence-corrected chi connectivity index (χ2v) is 22.2. The molecule has 0 unspecified atom stereocenters. The Balaban J connectivity index is 0.000000118. The molecule has 0 spiro atoms. The lowest BCUT2D eigenvalue weighted by atomic mass is 10.4. The maximum absolute atomic E-state index is 13.3. The molecule has 0 radical (unpaired) electrons.